The highest BCUT2D eigenvalue weighted by molar-refractivity contribution is 6.30. The number of benzene rings is 2. The number of morpholine rings is 1. The predicted molar refractivity (Wildman–Crippen MR) is 103 cm³/mol. The van der Waals surface area contributed by atoms with Crippen LogP contribution in [0.25, 0.3) is 0 Å². The highest BCUT2D eigenvalue weighted by atomic mass is 35.5. The maximum Gasteiger partial charge on any atom is 0.251 e. The second kappa shape index (κ2) is 7.39. The second-order valence-corrected chi connectivity index (χ2v) is 7.64. The summed E-state index contributed by atoms with van der Waals surface area (Å²) in [5.41, 5.74) is 2.81. The van der Waals surface area contributed by atoms with E-state index in [4.69, 9.17) is 16.3 Å². The SMILES string of the molecule is Cc1cc(Cl)ccc1C(=O)N[C@@H]1C[C@H]2CO[C@@H](c3ccccc3)CN2C1. The van der Waals surface area contributed by atoms with E-state index in [-0.39, 0.29) is 18.1 Å². The van der Waals surface area contributed by atoms with E-state index in [1.54, 1.807) is 12.1 Å². The Hall–Kier alpha value is -1.88. The summed E-state index contributed by atoms with van der Waals surface area (Å²) in [5, 5.41) is 3.84. The lowest BCUT2D eigenvalue weighted by molar-refractivity contribution is -0.0502. The van der Waals surface area contributed by atoms with E-state index < -0.39 is 0 Å². The van der Waals surface area contributed by atoms with Gasteiger partial charge in [0.2, 0.25) is 0 Å². The lowest BCUT2D eigenvalue weighted by Gasteiger charge is -2.35. The van der Waals surface area contributed by atoms with Crippen molar-refractivity contribution >= 4 is 17.5 Å². The topological polar surface area (TPSA) is 41.6 Å². The van der Waals surface area contributed by atoms with Gasteiger partial charge in [-0.05, 0) is 42.7 Å². The Morgan fingerprint density at radius 2 is 2.00 bits per heavy atom. The molecule has 0 saturated carbocycles. The smallest absolute Gasteiger partial charge is 0.251 e. The van der Waals surface area contributed by atoms with Crippen LogP contribution in [0.3, 0.4) is 0 Å². The first kappa shape index (κ1) is 17.5. The molecule has 0 bridgehead atoms. The van der Waals surface area contributed by atoms with Crippen LogP contribution in [-0.4, -0.2) is 42.6 Å². The van der Waals surface area contributed by atoms with Crippen LogP contribution in [0.2, 0.25) is 5.02 Å². The van der Waals surface area contributed by atoms with E-state index in [1.165, 1.54) is 5.56 Å². The van der Waals surface area contributed by atoms with Crippen molar-refractivity contribution in [1.82, 2.24) is 10.2 Å². The van der Waals surface area contributed by atoms with E-state index in [0.717, 1.165) is 25.1 Å². The van der Waals surface area contributed by atoms with Crippen LogP contribution in [0.4, 0.5) is 0 Å². The number of halogens is 1. The number of rotatable bonds is 3. The number of amides is 1. The average molecular weight is 371 g/mol. The molecular weight excluding hydrogens is 348 g/mol. The third kappa shape index (κ3) is 3.63. The highest BCUT2D eigenvalue weighted by Crippen LogP contribution is 2.30. The van der Waals surface area contributed by atoms with Crippen molar-refractivity contribution in [2.45, 2.75) is 31.5 Å². The van der Waals surface area contributed by atoms with Gasteiger partial charge < -0.3 is 10.1 Å². The Bertz CT molecular complexity index is 796. The standard InChI is InChI=1S/C21H23ClN2O2/c1-14-9-16(22)7-8-19(14)21(25)23-17-10-18-13-26-20(12-24(18)11-17)15-5-3-2-4-6-15/h2-9,17-18,20H,10-13H2,1H3,(H,23,25)/t17-,18+,20-/m1/s1. The van der Waals surface area contributed by atoms with Crippen LogP contribution in [-0.2, 0) is 4.74 Å². The largest absolute Gasteiger partial charge is 0.371 e. The van der Waals surface area contributed by atoms with Gasteiger partial charge in [-0.3, -0.25) is 9.69 Å². The molecule has 0 aromatic heterocycles. The molecule has 0 unspecified atom stereocenters. The van der Waals surface area contributed by atoms with Crippen molar-refractivity contribution in [3.8, 4) is 0 Å². The summed E-state index contributed by atoms with van der Waals surface area (Å²) in [4.78, 5) is 15.1. The molecule has 2 aromatic carbocycles. The second-order valence-electron chi connectivity index (χ2n) is 7.21. The van der Waals surface area contributed by atoms with Gasteiger partial charge in [-0.25, -0.2) is 0 Å². The van der Waals surface area contributed by atoms with E-state index in [1.807, 2.05) is 31.2 Å². The third-order valence-corrected chi connectivity index (χ3v) is 5.59. The zero-order valence-electron chi connectivity index (χ0n) is 14.8. The fraction of sp³-hybridized carbons (Fsp3) is 0.381. The number of aryl methyl sites for hydroxylation is 1. The molecule has 0 aliphatic carbocycles. The number of fused-ring (bicyclic) bond motifs is 1. The Morgan fingerprint density at radius 1 is 1.19 bits per heavy atom. The molecule has 1 N–H and O–H groups in total. The van der Waals surface area contributed by atoms with Crippen molar-refractivity contribution in [2.24, 2.45) is 0 Å². The molecule has 1 amide bonds. The summed E-state index contributed by atoms with van der Waals surface area (Å²) in [6, 6.07) is 16.3. The summed E-state index contributed by atoms with van der Waals surface area (Å²) in [6.07, 6.45) is 1.04. The zero-order chi connectivity index (χ0) is 18.1. The van der Waals surface area contributed by atoms with Gasteiger partial charge in [0.1, 0.15) is 0 Å². The first-order valence-corrected chi connectivity index (χ1v) is 9.45. The predicted octanol–water partition coefficient (Wildman–Crippen LogP) is 3.59. The fourth-order valence-corrected chi connectivity index (χ4v) is 4.22. The Balaban J connectivity index is 1.38. The van der Waals surface area contributed by atoms with Crippen molar-refractivity contribution in [2.75, 3.05) is 19.7 Å². The van der Waals surface area contributed by atoms with E-state index >= 15 is 0 Å². The Kier molecular flexibility index (Phi) is 4.98. The number of carbonyl (C=O) groups excluding carboxylic acids is 1. The number of hydrogen-bond donors (Lipinski definition) is 1. The zero-order valence-corrected chi connectivity index (χ0v) is 15.6. The van der Waals surface area contributed by atoms with Gasteiger partial charge >= 0.3 is 0 Å². The van der Waals surface area contributed by atoms with Crippen LogP contribution in [0.5, 0.6) is 0 Å². The third-order valence-electron chi connectivity index (χ3n) is 5.36. The summed E-state index contributed by atoms with van der Waals surface area (Å²) in [6.45, 7) is 4.37. The molecule has 4 rings (SSSR count). The average Bonchev–Trinajstić information content (AvgIpc) is 3.03. The number of nitrogens with zero attached hydrogens (tertiary/aromatic N) is 1. The van der Waals surface area contributed by atoms with E-state index in [2.05, 4.69) is 22.3 Å². The molecule has 2 aliphatic heterocycles. The number of nitrogens with one attached hydrogen (secondary N) is 1. The van der Waals surface area contributed by atoms with Crippen LogP contribution in [0.1, 0.15) is 34.0 Å². The van der Waals surface area contributed by atoms with Gasteiger partial charge in [0.25, 0.3) is 5.91 Å². The van der Waals surface area contributed by atoms with Crippen molar-refractivity contribution in [3.63, 3.8) is 0 Å². The maximum absolute atomic E-state index is 12.6. The van der Waals surface area contributed by atoms with Crippen LogP contribution < -0.4 is 5.32 Å². The quantitative estimate of drug-likeness (QED) is 0.897. The van der Waals surface area contributed by atoms with Crippen LogP contribution >= 0.6 is 11.6 Å². The molecule has 0 radical (unpaired) electrons. The van der Waals surface area contributed by atoms with Gasteiger partial charge in [0.05, 0.1) is 12.7 Å². The van der Waals surface area contributed by atoms with Gasteiger partial charge in [-0.15, -0.1) is 0 Å². The highest BCUT2D eigenvalue weighted by Gasteiger charge is 2.38. The molecule has 2 aliphatic rings. The normalized spacial score (nSPS) is 25.7. The van der Waals surface area contributed by atoms with E-state index in [0.29, 0.717) is 23.2 Å². The molecular formula is C21H23ClN2O2. The molecule has 5 heteroatoms. The summed E-state index contributed by atoms with van der Waals surface area (Å²) in [5.74, 6) is -0.0236. The molecule has 4 nitrogen and oxygen atoms in total. The van der Waals surface area contributed by atoms with E-state index in [9.17, 15) is 4.79 Å². The molecule has 0 spiro atoms. The summed E-state index contributed by atoms with van der Waals surface area (Å²) in [7, 11) is 0. The first-order chi connectivity index (χ1) is 12.6. The molecule has 2 saturated heterocycles. The molecule has 2 fully saturated rings. The van der Waals surface area contributed by atoms with Gasteiger partial charge in [0.15, 0.2) is 0 Å². The Morgan fingerprint density at radius 3 is 2.77 bits per heavy atom. The van der Waals surface area contributed by atoms with Crippen molar-refractivity contribution in [1.29, 1.82) is 0 Å². The number of carbonyl (C=O) groups is 1. The molecule has 136 valence electrons. The van der Waals surface area contributed by atoms with Crippen molar-refractivity contribution in [3.05, 3.63) is 70.2 Å². The van der Waals surface area contributed by atoms with Gasteiger partial charge in [-0.2, -0.15) is 0 Å². The first-order valence-electron chi connectivity index (χ1n) is 9.08. The molecule has 26 heavy (non-hydrogen) atoms. The maximum atomic E-state index is 12.6. The molecule has 3 atom stereocenters. The minimum absolute atomic E-state index is 0.0236. The fourth-order valence-electron chi connectivity index (χ4n) is 3.99. The minimum Gasteiger partial charge on any atom is -0.371 e. The van der Waals surface area contributed by atoms with Crippen LogP contribution in [0, 0.1) is 6.92 Å². The lowest BCUT2D eigenvalue weighted by atomic mass is 10.1. The minimum atomic E-state index is -0.0236. The van der Waals surface area contributed by atoms with Gasteiger partial charge in [-0.1, -0.05) is 41.9 Å². The number of hydrogen-bond acceptors (Lipinski definition) is 3. The number of ether oxygens (including phenoxy) is 1. The van der Waals surface area contributed by atoms with Crippen molar-refractivity contribution < 1.29 is 9.53 Å². The summed E-state index contributed by atoms with van der Waals surface area (Å²) < 4.78 is 6.08. The summed E-state index contributed by atoms with van der Waals surface area (Å²) >= 11 is 5.99. The van der Waals surface area contributed by atoms with Crippen LogP contribution in [0.15, 0.2) is 48.5 Å². The molecule has 2 heterocycles. The van der Waals surface area contributed by atoms with Gasteiger partial charge in [0, 0.05) is 35.8 Å². The lowest BCUT2D eigenvalue weighted by Crippen LogP contribution is -2.43. The molecule has 2 aromatic rings. The monoisotopic (exact) mass is 370 g/mol. The Labute approximate surface area is 159 Å².